The summed E-state index contributed by atoms with van der Waals surface area (Å²) in [5.74, 6) is -0.328. The summed E-state index contributed by atoms with van der Waals surface area (Å²) in [6.45, 7) is 3.35. The molecule has 0 fully saturated rings. The van der Waals surface area contributed by atoms with Gasteiger partial charge < -0.3 is 10.4 Å². The van der Waals surface area contributed by atoms with E-state index in [9.17, 15) is 9.59 Å². The molecule has 0 saturated heterocycles. The largest absolute Gasteiger partial charge is 0.465 e. The molecule has 1 rings (SSSR count). The Balaban J connectivity index is 2.74. The van der Waals surface area contributed by atoms with Crippen molar-refractivity contribution in [3.63, 3.8) is 0 Å². The number of carboxylic acid groups (broad SMARTS) is 1. The molecule has 16 heavy (non-hydrogen) atoms. The van der Waals surface area contributed by atoms with E-state index >= 15 is 0 Å². The quantitative estimate of drug-likeness (QED) is 0.739. The molecular weight excluding hydrogens is 206 g/mol. The molecule has 84 valence electrons. The van der Waals surface area contributed by atoms with Gasteiger partial charge in [-0.15, -0.1) is 0 Å². The smallest absolute Gasteiger partial charge is 0.405 e. The van der Waals surface area contributed by atoms with Gasteiger partial charge in [-0.05, 0) is 11.6 Å². The van der Waals surface area contributed by atoms with Gasteiger partial charge in [0.1, 0.15) is 0 Å². The third-order valence-corrected chi connectivity index (χ3v) is 2.12. The molecule has 0 spiro atoms. The van der Waals surface area contributed by atoms with Crippen molar-refractivity contribution in [2.24, 2.45) is 0 Å². The Labute approximate surface area is 93.6 Å². The number of nitrogens with one attached hydrogen (secondary N) is 1. The molecule has 0 heterocycles. The molecule has 0 aliphatic carbocycles. The second kappa shape index (κ2) is 5.70. The topological polar surface area (TPSA) is 66.4 Å². The van der Waals surface area contributed by atoms with Crippen molar-refractivity contribution in [2.45, 2.75) is 12.5 Å². The van der Waals surface area contributed by atoms with Gasteiger partial charge in [0.05, 0.1) is 6.04 Å². The minimum Gasteiger partial charge on any atom is -0.465 e. The summed E-state index contributed by atoms with van der Waals surface area (Å²) in [6.07, 6.45) is 0.248. The average Bonchev–Trinajstić information content (AvgIpc) is 2.28. The summed E-state index contributed by atoms with van der Waals surface area (Å²) in [6, 6.07) is 8.45. The predicted molar refractivity (Wildman–Crippen MR) is 60.3 cm³/mol. The van der Waals surface area contributed by atoms with E-state index in [0.29, 0.717) is 6.42 Å². The molecular formula is C12H13NO3. The van der Waals surface area contributed by atoms with Crippen molar-refractivity contribution in [1.29, 1.82) is 0 Å². The summed E-state index contributed by atoms with van der Waals surface area (Å²) >= 11 is 0. The number of rotatable bonds is 5. The number of carbonyl (C=O) groups excluding carboxylic acids is 1. The van der Waals surface area contributed by atoms with Crippen LogP contribution in [0, 0.1) is 0 Å². The van der Waals surface area contributed by atoms with Crippen LogP contribution in [0.1, 0.15) is 5.56 Å². The Morgan fingerprint density at radius 2 is 2.00 bits per heavy atom. The van der Waals surface area contributed by atoms with E-state index < -0.39 is 12.1 Å². The molecule has 1 amide bonds. The Kier molecular flexibility index (Phi) is 4.27. The van der Waals surface area contributed by atoms with Crippen LogP contribution >= 0.6 is 0 Å². The van der Waals surface area contributed by atoms with E-state index in [4.69, 9.17) is 5.11 Å². The van der Waals surface area contributed by atoms with Gasteiger partial charge in [0.25, 0.3) is 0 Å². The van der Waals surface area contributed by atoms with Gasteiger partial charge >= 0.3 is 6.09 Å². The van der Waals surface area contributed by atoms with Crippen molar-refractivity contribution in [3.8, 4) is 0 Å². The van der Waals surface area contributed by atoms with Crippen LogP contribution in [-0.4, -0.2) is 23.0 Å². The molecule has 0 aliphatic heterocycles. The summed E-state index contributed by atoms with van der Waals surface area (Å²) in [5, 5.41) is 10.8. The van der Waals surface area contributed by atoms with Gasteiger partial charge in [-0.2, -0.15) is 0 Å². The first-order chi connectivity index (χ1) is 7.63. The maximum Gasteiger partial charge on any atom is 0.405 e. The predicted octanol–water partition coefficient (Wildman–Crippen LogP) is 1.62. The highest BCUT2D eigenvalue weighted by atomic mass is 16.4. The summed E-state index contributed by atoms with van der Waals surface area (Å²) in [5.41, 5.74) is 0.899. The van der Waals surface area contributed by atoms with E-state index in [-0.39, 0.29) is 5.78 Å². The molecule has 0 radical (unpaired) electrons. The van der Waals surface area contributed by atoms with Crippen LogP contribution in [0.4, 0.5) is 4.79 Å². The first kappa shape index (κ1) is 12.0. The van der Waals surface area contributed by atoms with E-state index in [0.717, 1.165) is 11.6 Å². The minimum atomic E-state index is -1.21. The number of benzene rings is 1. The molecule has 1 aromatic carbocycles. The molecule has 4 nitrogen and oxygen atoms in total. The SMILES string of the molecule is C=CC(=O)[C@H](Cc1ccccc1)NC(=O)O. The van der Waals surface area contributed by atoms with Crippen LogP contribution in [0.3, 0.4) is 0 Å². The lowest BCUT2D eigenvalue weighted by Crippen LogP contribution is -2.40. The van der Waals surface area contributed by atoms with Gasteiger partial charge in [0.15, 0.2) is 5.78 Å². The molecule has 0 unspecified atom stereocenters. The Morgan fingerprint density at radius 1 is 1.38 bits per heavy atom. The Morgan fingerprint density at radius 3 is 2.50 bits per heavy atom. The van der Waals surface area contributed by atoms with Gasteiger partial charge in [-0.3, -0.25) is 4.79 Å². The summed E-state index contributed by atoms with van der Waals surface area (Å²) < 4.78 is 0. The standard InChI is InChI=1S/C12H13NO3/c1-2-11(14)10(13-12(15)16)8-9-6-4-3-5-7-9/h2-7,10,13H,1,8H2,(H,15,16)/t10-/m0/s1. The summed E-state index contributed by atoms with van der Waals surface area (Å²) in [4.78, 5) is 21.9. The van der Waals surface area contributed by atoms with Crippen LogP contribution in [0.15, 0.2) is 43.0 Å². The molecule has 1 atom stereocenters. The van der Waals surface area contributed by atoms with Gasteiger partial charge in [-0.1, -0.05) is 36.9 Å². The highest BCUT2D eigenvalue weighted by Gasteiger charge is 2.17. The average molecular weight is 219 g/mol. The third-order valence-electron chi connectivity index (χ3n) is 2.12. The number of amides is 1. The lowest BCUT2D eigenvalue weighted by Gasteiger charge is -2.13. The van der Waals surface area contributed by atoms with Crippen LogP contribution in [0.2, 0.25) is 0 Å². The molecule has 0 aliphatic rings. The second-order valence-electron chi connectivity index (χ2n) is 3.30. The zero-order valence-corrected chi connectivity index (χ0v) is 8.72. The monoisotopic (exact) mass is 219 g/mol. The van der Waals surface area contributed by atoms with Crippen LogP contribution in [-0.2, 0) is 11.2 Å². The van der Waals surface area contributed by atoms with Crippen molar-refractivity contribution in [2.75, 3.05) is 0 Å². The van der Waals surface area contributed by atoms with E-state index in [2.05, 4.69) is 11.9 Å². The van der Waals surface area contributed by atoms with Gasteiger partial charge in [0, 0.05) is 6.42 Å². The first-order valence-corrected chi connectivity index (χ1v) is 4.83. The fourth-order valence-electron chi connectivity index (χ4n) is 1.36. The lowest BCUT2D eigenvalue weighted by molar-refractivity contribution is -0.116. The molecule has 2 N–H and O–H groups in total. The van der Waals surface area contributed by atoms with Crippen molar-refractivity contribution in [3.05, 3.63) is 48.6 Å². The fourth-order valence-corrected chi connectivity index (χ4v) is 1.36. The minimum absolute atomic E-state index is 0.328. The van der Waals surface area contributed by atoms with E-state index in [1.54, 1.807) is 0 Å². The second-order valence-corrected chi connectivity index (χ2v) is 3.30. The normalized spacial score (nSPS) is 11.5. The van der Waals surface area contributed by atoms with Crippen LogP contribution in [0.5, 0.6) is 0 Å². The maximum atomic E-state index is 11.4. The van der Waals surface area contributed by atoms with Gasteiger partial charge in [-0.25, -0.2) is 4.79 Å². The Hall–Kier alpha value is -2.10. The lowest BCUT2D eigenvalue weighted by atomic mass is 10.0. The highest BCUT2D eigenvalue weighted by molar-refractivity contribution is 5.95. The maximum absolute atomic E-state index is 11.4. The zero-order valence-electron chi connectivity index (χ0n) is 8.72. The zero-order chi connectivity index (χ0) is 12.0. The van der Waals surface area contributed by atoms with Gasteiger partial charge in [0.2, 0.25) is 0 Å². The number of carbonyl (C=O) groups is 2. The molecule has 0 saturated carbocycles. The first-order valence-electron chi connectivity index (χ1n) is 4.83. The van der Waals surface area contributed by atoms with Crippen LogP contribution in [0.25, 0.3) is 0 Å². The van der Waals surface area contributed by atoms with E-state index in [1.807, 2.05) is 30.3 Å². The molecule has 0 aromatic heterocycles. The highest BCUT2D eigenvalue weighted by Crippen LogP contribution is 2.04. The van der Waals surface area contributed by atoms with E-state index in [1.165, 1.54) is 0 Å². The fraction of sp³-hybridized carbons (Fsp3) is 0.167. The third kappa shape index (κ3) is 3.57. The number of hydrogen-bond acceptors (Lipinski definition) is 2. The Bertz CT molecular complexity index is 387. The van der Waals surface area contributed by atoms with Crippen LogP contribution < -0.4 is 5.32 Å². The van der Waals surface area contributed by atoms with Crippen molar-refractivity contribution in [1.82, 2.24) is 5.32 Å². The van der Waals surface area contributed by atoms with Crippen molar-refractivity contribution >= 4 is 11.9 Å². The number of hydrogen-bond donors (Lipinski definition) is 2. The molecule has 0 bridgehead atoms. The van der Waals surface area contributed by atoms with Crippen molar-refractivity contribution < 1.29 is 14.7 Å². The summed E-state index contributed by atoms with van der Waals surface area (Å²) in [7, 11) is 0. The molecule has 1 aromatic rings. The molecule has 4 heteroatoms. The number of ketones is 1.